The Kier molecular flexibility index (Phi) is 6.19. The van der Waals surface area contributed by atoms with Gasteiger partial charge in [0, 0.05) is 23.3 Å². The number of hydrogen-bond donors (Lipinski definition) is 4. The third-order valence-electron chi connectivity index (χ3n) is 1.76. The van der Waals surface area contributed by atoms with Gasteiger partial charge in [0.2, 0.25) is 5.13 Å². The van der Waals surface area contributed by atoms with Crippen LogP contribution in [0.3, 0.4) is 0 Å². The van der Waals surface area contributed by atoms with Gasteiger partial charge in [0.15, 0.2) is 5.96 Å². The van der Waals surface area contributed by atoms with Crippen LogP contribution in [0.1, 0.15) is 12.1 Å². The molecule has 0 spiro atoms. The van der Waals surface area contributed by atoms with Crippen LogP contribution in [-0.4, -0.2) is 30.9 Å². The van der Waals surface area contributed by atoms with Crippen LogP contribution in [0.25, 0.3) is 0 Å². The van der Waals surface area contributed by atoms with E-state index < -0.39 is 10.2 Å². The van der Waals surface area contributed by atoms with Gasteiger partial charge in [0.05, 0.1) is 5.69 Å². The molecule has 12 heteroatoms. The smallest absolute Gasteiger partial charge is 0.318 e. The monoisotopic (exact) mass is 339 g/mol. The van der Waals surface area contributed by atoms with Crippen molar-refractivity contribution in [2.45, 2.75) is 12.2 Å². The number of aromatic nitrogens is 1. The molecule has 0 aliphatic rings. The number of guanidine groups is 1. The molecule has 9 nitrogen and oxygen atoms in total. The number of thiazole rings is 1. The van der Waals surface area contributed by atoms with Crippen molar-refractivity contribution in [2.75, 3.05) is 5.75 Å². The second kappa shape index (κ2) is 7.42. The van der Waals surface area contributed by atoms with Crippen LogP contribution in [0.15, 0.2) is 14.8 Å². The average molecular weight is 339 g/mol. The van der Waals surface area contributed by atoms with E-state index in [1.165, 1.54) is 23.1 Å². The van der Waals surface area contributed by atoms with Gasteiger partial charge in [-0.2, -0.15) is 25.2 Å². The Labute approximate surface area is 124 Å². The van der Waals surface area contributed by atoms with E-state index in [1.54, 1.807) is 0 Å². The van der Waals surface area contributed by atoms with E-state index >= 15 is 0 Å². The summed E-state index contributed by atoms with van der Waals surface area (Å²) in [5.74, 6) is 1.18. The molecule has 112 valence electrons. The lowest BCUT2D eigenvalue weighted by Gasteiger charge is -1.99. The SMILES string of the molecule is NC(N)=Nc1n[14c](CSCC/C(N)=N/S(N)(=O)=O)cs1. The maximum Gasteiger partial charge on any atom is 0.318 e. The van der Waals surface area contributed by atoms with Gasteiger partial charge in [-0.05, 0) is 0 Å². The summed E-state index contributed by atoms with van der Waals surface area (Å²) in [4.78, 5) is 8.03. The number of hydrogen-bond acceptors (Lipinski definition) is 6. The van der Waals surface area contributed by atoms with Crippen molar-refractivity contribution in [3.05, 3.63) is 11.1 Å². The van der Waals surface area contributed by atoms with Crippen LogP contribution >= 0.6 is 23.1 Å². The molecule has 0 fully saturated rings. The summed E-state index contributed by atoms with van der Waals surface area (Å²) in [7, 11) is -3.92. The lowest BCUT2D eigenvalue weighted by molar-refractivity contribution is 0.599. The minimum Gasteiger partial charge on any atom is -0.386 e. The fourth-order valence-corrected chi connectivity index (χ4v) is 3.17. The number of nitrogens with two attached hydrogens (primary N) is 4. The fourth-order valence-electron chi connectivity index (χ4n) is 1.09. The van der Waals surface area contributed by atoms with Crippen LogP contribution in [0, 0.1) is 0 Å². The Morgan fingerprint density at radius 1 is 1.45 bits per heavy atom. The van der Waals surface area contributed by atoms with Crippen molar-refractivity contribution >= 4 is 50.2 Å². The van der Waals surface area contributed by atoms with Gasteiger partial charge in [-0.1, -0.05) is 0 Å². The van der Waals surface area contributed by atoms with Gasteiger partial charge in [0.1, 0.15) is 5.84 Å². The zero-order valence-electron chi connectivity index (χ0n) is 10.4. The summed E-state index contributed by atoms with van der Waals surface area (Å²) in [5, 5.41) is 7.07. The van der Waals surface area contributed by atoms with Crippen molar-refractivity contribution in [1.82, 2.24) is 4.98 Å². The van der Waals surface area contributed by atoms with E-state index in [4.69, 9.17) is 22.3 Å². The fraction of sp³-hybridized carbons (Fsp3) is 0.375. The van der Waals surface area contributed by atoms with Crippen molar-refractivity contribution in [3.63, 3.8) is 0 Å². The topological polar surface area (TPSA) is 176 Å². The summed E-state index contributed by atoms with van der Waals surface area (Å²) < 4.78 is 24.5. The molecule has 0 aliphatic carbocycles. The van der Waals surface area contributed by atoms with E-state index in [-0.39, 0.29) is 11.8 Å². The highest BCUT2D eigenvalue weighted by atomic mass is 32.2. The van der Waals surface area contributed by atoms with E-state index in [9.17, 15) is 8.42 Å². The summed E-state index contributed by atoms with van der Waals surface area (Å²) in [6.07, 6.45) is 0.325. The third-order valence-corrected chi connectivity index (χ3v) is 4.03. The minimum absolute atomic E-state index is 0.0144. The molecular weight excluding hydrogens is 324 g/mol. The molecule has 1 heterocycles. The zero-order valence-corrected chi connectivity index (χ0v) is 12.8. The minimum atomic E-state index is -3.92. The van der Waals surface area contributed by atoms with Gasteiger partial charge < -0.3 is 17.2 Å². The van der Waals surface area contributed by atoms with E-state index in [0.717, 1.165) is 5.69 Å². The first-order chi connectivity index (χ1) is 9.26. The lowest BCUT2D eigenvalue weighted by Crippen LogP contribution is -2.21. The lowest BCUT2D eigenvalue weighted by atomic mass is 10.5. The molecule has 0 saturated carbocycles. The molecular formula is C8H15N7O2S3. The first kappa shape index (κ1) is 16.7. The molecule has 1 rings (SSSR count). The predicted molar refractivity (Wildman–Crippen MR) is 83.1 cm³/mol. The maximum absolute atomic E-state index is 10.6. The summed E-state index contributed by atoms with van der Waals surface area (Å²) in [5.41, 5.74) is 16.7. The van der Waals surface area contributed by atoms with Crippen molar-refractivity contribution < 1.29 is 8.42 Å². The normalized spacial score (nSPS) is 12.3. The van der Waals surface area contributed by atoms with Crippen LogP contribution < -0.4 is 22.3 Å². The van der Waals surface area contributed by atoms with E-state index in [2.05, 4.69) is 14.4 Å². The first-order valence-corrected chi connectivity index (χ1v) is 8.79. The Hall–Kier alpha value is -1.37. The predicted octanol–water partition coefficient (Wildman–Crippen LogP) is -0.768. The molecule has 0 amide bonds. The molecule has 1 aromatic rings. The molecule has 0 aliphatic heterocycles. The van der Waals surface area contributed by atoms with Crippen LogP contribution in [0.4, 0.5) is 5.13 Å². The third kappa shape index (κ3) is 7.28. The molecule has 8 N–H and O–H groups in total. The Morgan fingerprint density at radius 3 is 2.75 bits per heavy atom. The molecule has 0 bridgehead atoms. The van der Waals surface area contributed by atoms with Crippen LogP contribution in [-0.2, 0) is 16.0 Å². The molecule has 0 radical (unpaired) electrons. The van der Waals surface area contributed by atoms with Crippen molar-refractivity contribution in [2.24, 2.45) is 31.7 Å². The Balaban J connectivity index is 2.37. The van der Waals surface area contributed by atoms with Gasteiger partial charge in [-0.25, -0.2) is 10.1 Å². The van der Waals surface area contributed by atoms with Gasteiger partial charge >= 0.3 is 10.2 Å². The van der Waals surface area contributed by atoms with Gasteiger partial charge in [-0.3, -0.25) is 0 Å². The number of rotatable bonds is 7. The molecule has 0 unspecified atom stereocenters. The standard InChI is InChI=1S/C8H15N7O2S3/c9-6(15-20(12,16)17)1-2-18-3-5-4-19-8(13-5)14-7(10)11/h4H,1-3H2,(H2,9,15)(H2,12,16,17)(H4,10,11,13,14)/i5+2. The average Bonchev–Trinajstić information content (AvgIpc) is 2.68. The Bertz CT molecular complexity index is 603. The second-order valence-electron chi connectivity index (χ2n) is 3.56. The molecule has 1 aromatic heterocycles. The second-order valence-corrected chi connectivity index (χ2v) is 6.71. The number of aliphatic imine (C=N–C) groups is 1. The maximum atomic E-state index is 10.6. The van der Waals surface area contributed by atoms with Crippen LogP contribution in [0.2, 0.25) is 0 Å². The van der Waals surface area contributed by atoms with Crippen molar-refractivity contribution in [1.29, 1.82) is 0 Å². The highest BCUT2D eigenvalue weighted by Crippen LogP contribution is 2.21. The highest BCUT2D eigenvalue weighted by Gasteiger charge is 2.04. The van der Waals surface area contributed by atoms with Crippen molar-refractivity contribution in [3.8, 4) is 0 Å². The summed E-state index contributed by atoms with van der Waals surface area (Å²) in [6.45, 7) is 0. The largest absolute Gasteiger partial charge is 0.386 e. The summed E-state index contributed by atoms with van der Waals surface area (Å²) >= 11 is 2.86. The quantitative estimate of drug-likeness (QED) is 0.286. The zero-order chi connectivity index (χ0) is 15.2. The number of thioether (sulfide) groups is 1. The summed E-state index contributed by atoms with van der Waals surface area (Å²) in [6, 6.07) is 0. The highest BCUT2D eigenvalue weighted by molar-refractivity contribution is 7.98. The number of nitrogens with zero attached hydrogens (tertiary/aromatic N) is 3. The first-order valence-electron chi connectivity index (χ1n) is 5.25. The van der Waals surface area contributed by atoms with Gasteiger partial charge in [0.25, 0.3) is 0 Å². The molecule has 0 aromatic carbocycles. The number of amidine groups is 1. The van der Waals surface area contributed by atoms with Crippen LogP contribution in [0.5, 0.6) is 0 Å². The molecule has 0 atom stereocenters. The molecule has 0 saturated heterocycles. The molecule has 20 heavy (non-hydrogen) atoms. The van der Waals surface area contributed by atoms with E-state index in [0.29, 0.717) is 23.1 Å². The van der Waals surface area contributed by atoms with Gasteiger partial charge in [-0.15, -0.1) is 15.7 Å². The Morgan fingerprint density at radius 2 is 2.15 bits per heavy atom. The van der Waals surface area contributed by atoms with E-state index in [1.807, 2.05) is 5.38 Å².